The molecule has 0 unspecified atom stereocenters. The number of anilines is 2. The Hall–Kier alpha value is -2.36. The third kappa shape index (κ3) is 5.31. The predicted octanol–water partition coefficient (Wildman–Crippen LogP) is 4.79. The van der Waals surface area contributed by atoms with Crippen molar-refractivity contribution in [2.24, 2.45) is 0 Å². The highest BCUT2D eigenvalue weighted by molar-refractivity contribution is 5.51. The van der Waals surface area contributed by atoms with Gasteiger partial charge in [-0.05, 0) is 52.0 Å². The maximum absolute atomic E-state index is 5.78. The van der Waals surface area contributed by atoms with E-state index in [4.69, 9.17) is 9.47 Å². The molecule has 0 saturated heterocycles. The second kappa shape index (κ2) is 9.82. The van der Waals surface area contributed by atoms with Crippen molar-refractivity contribution in [1.82, 2.24) is 0 Å². The average Bonchev–Trinajstić information content (AvgIpc) is 2.65. The SMILES string of the molecule is CCN(CC)c1cccc(OCOc2cccc(N(CC)CC)c2)c1. The number of nitrogens with zero attached hydrogens (tertiary/aromatic N) is 2. The summed E-state index contributed by atoms with van der Waals surface area (Å²) in [6, 6.07) is 16.3. The maximum Gasteiger partial charge on any atom is 0.230 e. The highest BCUT2D eigenvalue weighted by atomic mass is 16.7. The van der Waals surface area contributed by atoms with Crippen LogP contribution in [0.2, 0.25) is 0 Å². The highest BCUT2D eigenvalue weighted by Gasteiger charge is 2.05. The minimum atomic E-state index is 0.198. The fourth-order valence-corrected chi connectivity index (χ4v) is 2.88. The smallest absolute Gasteiger partial charge is 0.230 e. The molecular formula is C21H30N2O2. The summed E-state index contributed by atoms with van der Waals surface area (Å²) in [5.74, 6) is 1.65. The van der Waals surface area contributed by atoms with Crippen LogP contribution in [0.25, 0.3) is 0 Å². The minimum Gasteiger partial charge on any atom is -0.457 e. The Balaban J connectivity index is 1.95. The van der Waals surface area contributed by atoms with Crippen LogP contribution in [-0.4, -0.2) is 33.0 Å². The summed E-state index contributed by atoms with van der Waals surface area (Å²) in [5, 5.41) is 0. The van der Waals surface area contributed by atoms with Crippen LogP contribution in [0.1, 0.15) is 27.7 Å². The quantitative estimate of drug-likeness (QED) is 0.579. The third-order valence-corrected chi connectivity index (χ3v) is 4.34. The van der Waals surface area contributed by atoms with Crippen molar-refractivity contribution in [3.05, 3.63) is 48.5 Å². The molecule has 0 aromatic heterocycles. The standard InChI is InChI=1S/C21H30N2O2/c1-5-22(6-2)18-11-9-13-20(15-18)24-17-25-21-14-10-12-19(16-21)23(7-3)8-4/h9-16H,5-8,17H2,1-4H3. The number of benzene rings is 2. The lowest BCUT2D eigenvalue weighted by Gasteiger charge is -2.22. The van der Waals surface area contributed by atoms with Crippen molar-refractivity contribution in [2.75, 3.05) is 42.8 Å². The van der Waals surface area contributed by atoms with Crippen molar-refractivity contribution < 1.29 is 9.47 Å². The second-order valence-corrected chi connectivity index (χ2v) is 5.75. The number of hydrogen-bond donors (Lipinski definition) is 0. The Morgan fingerprint density at radius 2 is 1.04 bits per heavy atom. The summed E-state index contributed by atoms with van der Waals surface area (Å²) in [5.41, 5.74) is 2.34. The van der Waals surface area contributed by atoms with Crippen molar-refractivity contribution in [3.63, 3.8) is 0 Å². The van der Waals surface area contributed by atoms with E-state index in [1.807, 2.05) is 24.3 Å². The van der Waals surface area contributed by atoms with Gasteiger partial charge >= 0.3 is 0 Å². The topological polar surface area (TPSA) is 24.9 Å². The van der Waals surface area contributed by atoms with Gasteiger partial charge in [-0.3, -0.25) is 0 Å². The molecule has 2 rings (SSSR count). The molecule has 2 aromatic carbocycles. The number of ether oxygens (including phenoxy) is 2. The fourth-order valence-electron chi connectivity index (χ4n) is 2.88. The molecule has 2 aromatic rings. The van der Waals surface area contributed by atoms with Crippen LogP contribution < -0.4 is 19.3 Å². The van der Waals surface area contributed by atoms with Gasteiger partial charge in [0.2, 0.25) is 6.79 Å². The summed E-state index contributed by atoms with van der Waals surface area (Å²) in [6.45, 7) is 12.7. The number of hydrogen-bond acceptors (Lipinski definition) is 4. The van der Waals surface area contributed by atoms with E-state index in [0.717, 1.165) is 37.7 Å². The van der Waals surface area contributed by atoms with Crippen LogP contribution >= 0.6 is 0 Å². The average molecular weight is 342 g/mol. The Kier molecular flexibility index (Phi) is 7.45. The highest BCUT2D eigenvalue weighted by Crippen LogP contribution is 2.23. The third-order valence-electron chi connectivity index (χ3n) is 4.34. The predicted molar refractivity (Wildman–Crippen MR) is 106 cm³/mol. The van der Waals surface area contributed by atoms with Gasteiger partial charge in [0.1, 0.15) is 11.5 Å². The van der Waals surface area contributed by atoms with E-state index in [-0.39, 0.29) is 6.79 Å². The zero-order chi connectivity index (χ0) is 18.1. The lowest BCUT2D eigenvalue weighted by Crippen LogP contribution is -2.21. The molecule has 0 spiro atoms. The first kappa shape index (κ1) is 19.0. The van der Waals surface area contributed by atoms with Gasteiger partial charge in [-0.25, -0.2) is 0 Å². The molecule has 25 heavy (non-hydrogen) atoms. The molecule has 4 nitrogen and oxygen atoms in total. The molecule has 0 bridgehead atoms. The molecule has 0 fully saturated rings. The van der Waals surface area contributed by atoms with Gasteiger partial charge in [0.25, 0.3) is 0 Å². The van der Waals surface area contributed by atoms with E-state index < -0.39 is 0 Å². The molecule has 0 N–H and O–H groups in total. The molecule has 0 aliphatic heterocycles. The molecule has 136 valence electrons. The monoisotopic (exact) mass is 342 g/mol. The van der Waals surface area contributed by atoms with E-state index >= 15 is 0 Å². The first-order valence-corrected chi connectivity index (χ1v) is 9.17. The van der Waals surface area contributed by atoms with Crippen molar-refractivity contribution in [3.8, 4) is 11.5 Å². The molecule has 0 heterocycles. The van der Waals surface area contributed by atoms with E-state index in [9.17, 15) is 0 Å². The Bertz CT molecular complexity index is 582. The van der Waals surface area contributed by atoms with Crippen molar-refractivity contribution in [1.29, 1.82) is 0 Å². The van der Waals surface area contributed by atoms with Crippen LogP contribution in [0.4, 0.5) is 11.4 Å². The summed E-state index contributed by atoms with van der Waals surface area (Å²) < 4.78 is 11.6. The maximum atomic E-state index is 5.78. The molecule has 0 aliphatic carbocycles. The zero-order valence-electron chi connectivity index (χ0n) is 15.9. The molecule has 0 radical (unpaired) electrons. The molecule has 4 heteroatoms. The van der Waals surface area contributed by atoms with Crippen LogP contribution in [0.5, 0.6) is 11.5 Å². The van der Waals surface area contributed by atoms with Gasteiger partial charge < -0.3 is 19.3 Å². The normalized spacial score (nSPS) is 10.4. The fraction of sp³-hybridized carbons (Fsp3) is 0.429. The molecule has 0 saturated carbocycles. The number of rotatable bonds is 10. The first-order valence-electron chi connectivity index (χ1n) is 9.17. The second-order valence-electron chi connectivity index (χ2n) is 5.75. The Labute approximate surface area is 152 Å². The van der Waals surface area contributed by atoms with E-state index in [1.54, 1.807) is 0 Å². The first-order chi connectivity index (χ1) is 12.2. The molecule has 0 amide bonds. The Morgan fingerprint density at radius 1 is 0.640 bits per heavy atom. The lowest BCUT2D eigenvalue weighted by molar-refractivity contribution is 0.120. The van der Waals surface area contributed by atoms with Crippen LogP contribution in [0.3, 0.4) is 0 Å². The van der Waals surface area contributed by atoms with Crippen molar-refractivity contribution >= 4 is 11.4 Å². The molecular weight excluding hydrogens is 312 g/mol. The van der Waals surface area contributed by atoms with Crippen molar-refractivity contribution in [2.45, 2.75) is 27.7 Å². The zero-order valence-corrected chi connectivity index (χ0v) is 15.9. The summed E-state index contributed by atoms with van der Waals surface area (Å²) >= 11 is 0. The summed E-state index contributed by atoms with van der Waals surface area (Å²) in [7, 11) is 0. The minimum absolute atomic E-state index is 0.198. The van der Waals surface area contributed by atoms with Gasteiger partial charge in [0, 0.05) is 49.7 Å². The summed E-state index contributed by atoms with van der Waals surface area (Å²) in [6.07, 6.45) is 0. The van der Waals surface area contributed by atoms with E-state index in [0.29, 0.717) is 0 Å². The van der Waals surface area contributed by atoms with Crippen LogP contribution in [0.15, 0.2) is 48.5 Å². The van der Waals surface area contributed by atoms with E-state index in [2.05, 4.69) is 61.8 Å². The lowest BCUT2D eigenvalue weighted by atomic mass is 10.2. The summed E-state index contributed by atoms with van der Waals surface area (Å²) in [4.78, 5) is 4.59. The van der Waals surface area contributed by atoms with Gasteiger partial charge in [-0.15, -0.1) is 0 Å². The van der Waals surface area contributed by atoms with Gasteiger partial charge in [0.15, 0.2) is 0 Å². The van der Waals surface area contributed by atoms with Gasteiger partial charge in [0.05, 0.1) is 0 Å². The molecule has 0 atom stereocenters. The van der Waals surface area contributed by atoms with E-state index in [1.165, 1.54) is 11.4 Å². The van der Waals surface area contributed by atoms with Crippen LogP contribution in [-0.2, 0) is 0 Å². The largest absolute Gasteiger partial charge is 0.457 e. The molecule has 0 aliphatic rings. The van der Waals surface area contributed by atoms with Gasteiger partial charge in [-0.2, -0.15) is 0 Å². The van der Waals surface area contributed by atoms with Crippen LogP contribution in [0, 0.1) is 0 Å². The van der Waals surface area contributed by atoms with Gasteiger partial charge in [-0.1, -0.05) is 12.1 Å². The Morgan fingerprint density at radius 3 is 1.40 bits per heavy atom.